The molecule has 0 saturated carbocycles. The standard InChI is InChI=1S/C16H19N3O/c20-16(13-5-2-8-17-10-13)19-11-12-4-1-7-15-14(12)6-3-9-18-15/h1,3-4,6-7,9,13,17H,2,5,8,10-11H2,(H,19,20). The molecule has 1 fully saturated rings. The van der Waals surface area contributed by atoms with Crippen LogP contribution in [0.4, 0.5) is 0 Å². The van der Waals surface area contributed by atoms with Gasteiger partial charge in [-0.05, 0) is 37.1 Å². The summed E-state index contributed by atoms with van der Waals surface area (Å²) in [5.41, 5.74) is 2.09. The maximum atomic E-state index is 12.1. The van der Waals surface area contributed by atoms with Crippen molar-refractivity contribution in [3.05, 3.63) is 42.1 Å². The minimum atomic E-state index is 0.108. The van der Waals surface area contributed by atoms with Crippen molar-refractivity contribution in [2.45, 2.75) is 19.4 Å². The SMILES string of the molecule is O=C(NCc1cccc2ncccc12)C1CCCNC1. The minimum absolute atomic E-state index is 0.108. The van der Waals surface area contributed by atoms with Gasteiger partial charge in [0.05, 0.1) is 11.4 Å². The number of piperidine rings is 1. The van der Waals surface area contributed by atoms with E-state index in [1.807, 2.05) is 30.3 Å². The second kappa shape index (κ2) is 6.01. The highest BCUT2D eigenvalue weighted by atomic mass is 16.1. The largest absolute Gasteiger partial charge is 0.352 e. The first-order chi connectivity index (χ1) is 9.84. The summed E-state index contributed by atoms with van der Waals surface area (Å²) in [6.45, 7) is 2.39. The quantitative estimate of drug-likeness (QED) is 0.894. The molecule has 0 spiro atoms. The van der Waals surface area contributed by atoms with Gasteiger partial charge >= 0.3 is 0 Å². The summed E-state index contributed by atoms with van der Waals surface area (Å²) < 4.78 is 0. The third kappa shape index (κ3) is 2.80. The lowest BCUT2D eigenvalue weighted by Crippen LogP contribution is -2.40. The van der Waals surface area contributed by atoms with Gasteiger partial charge in [0.15, 0.2) is 0 Å². The Bertz CT molecular complexity index is 600. The Balaban J connectivity index is 1.69. The molecule has 1 aromatic heterocycles. The molecule has 1 aliphatic rings. The van der Waals surface area contributed by atoms with Crippen molar-refractivity contribution in [2.24, 2.45) is 5.92 Å². The lowest BCUT2D eigenvalue weighted by atomic mass is 9.98. The first-order valence-corrected chi connectivity index (χ1v) is 7.15. The van der Waals surface area contributed by atoms with Crippen LogP contribution in [0.5, 0.6) is 0 Å². The van der Waals surface area contributed by atoms with Crippen molar-refractivity contribution in [1.29, 1.82) is 0 Å². The van der Waals surface area contributed by atoms with Crippen LogP contribution in [0.25, 0.3) is 10.9 Å². The van der Waals surface area contributed by atoms with Gasteiger partial charge in [-0.1, -0.05) is 18.2 Å². The highest BCUT2D eigenvalue weighted by Crippen LogP contribution is 2.16. The molecule has 20 heavy (non-hydrogen) atoms. The lowest BCUT2D eigenvalue weighted by Gasteiger charge is -2.22. The molecule has 2 heterocycles. The van der Waals surface area contributed by atoms with Crippen molar-refractivity contribution < 1.29 is 4.79 Å². The van der Waals surface area contributed by atoms with E-state index in [1.165, 1.54) is 0 Å². The topological polar surface area (TPSA) is 54.0 Å². The van der Waals surface area contributed by atoms with E-state index >= 15 is 0 Å². The zero-order valence-electron chi connectivity index (χ0n) is 11.4. The summed E-state index contributed by atoms with van der Waals surface area (Å²) in [5, 5.41) is 7.44. The third-order valence-electron chi connectivity index (χ3n) is 3.86. The zero-order chi connectivity index (χ0) is 13.8. The fourth-order valence-corrected chi connectivity index (χ4v) is 2.72. The molecule has 1 atom stereocenters. The fraction of sp³-hybridized carbons (Fsp3) is 0.375. The third-order valence-corrected chi connectivity index (χ3v) is 3.86. The van der Waals surface area contributed by atoms with Crippen LogP contribution in [0.15, 0.2) is 36.5 Å². The Labute approximate surface area is 118 Å². The number of amides is 1. The van der Waals surface area contributed by atoms with Gasteiger partial charge < -0.3 is 10.6 Å². The molecule has 0 radical (unpaired) electrons. The zero-order valence-corrected chi connectivity index (χ0v) is 11.4. The van der Waals surface area contributed by atoms with E-state index in [4.69, 9.17) is 0 Å². The first kappa shape index (κ1) is 13.1. The molecule has 4 heteroatoms. The van der Waals surface area contributed by atoms with Crippen molar-refractivity contribution in [3.63, 3.8) is 0 Å². The molecule has 4 nitrogen and oxygen atoms in total. The normalized spacial score (nSPS) is 18.9. The van der Waals surface area contributed by atoms with Crippen molar-refractivity contribution in [3.8, 4) is 0 Å². The summed E-state index contributed by atoms with van der Waals surface area (Å²) in [6, 6.07) is 10.00. The van der Waals surface area contributed by atoms with Crippen molar-refractivity contribution in [2.75, 3.05) is 13.1 Å². The summed E-state index contributed by atoms with van der Waals surface area (Å²) >= 11 is 0. The minimum Gasteiger partial charge on any atom is -0.352 e. The van der Waals surface area contributed by atoms with Crippen molar-refractivity contribution in [1.82, 2.24) is 15.6 Å². The Kier molecular flexibility index (Phi) is 3.92. The van der Waals surface area contributed by atoms with Crippen LogP contribution >= 0.6 is 0 Å². The van der Waals surface area contributed by atoms with Gasteiger partial charge in [-0.15, -0.1) is 0 Å². The van der Waals surface area contributed by atoms with Gasteiger partial charge in [-0.3, -0.25) is 9.78 Å². The fourth-order valence-electron chi connectivity index (χ4n) is 2.72. The number of fused-ring (bicyclic) bond motifs is 1. The summed E-state index contributed by atoms with van der Waals surface area (Å²) in [7, 11) is 0. The molecule has 1 aliphatic heterocycles. The maximum Gasteiger partial charge on any atom is 0.224 e. The molecule has 1 unspecified atom stereocenters. The van der Waals surface area contributed by atoms with Gasteiger partial charge in [-0.25, -0.2) is 0 Å². The highest BCUT2D eigenvalue weighted by Gasteiger charge is 2.20. The average molecular weight is 269 g/mol. The first-order valence-electron chi connectivity index (χ1n) is 7.15. The van der Waals surface area contributed by atoms with Crippen LogP contribution < -0.4 is 10.6 Å². The molecule has 1 aromatic carbocycles. The number of rotatable bonds is 3. The molecule has 1 amide bonds. The molecule has 2 aromatic rings. The second-order valence-electron chi connectivity index (χ2n) is 5.25. The molecule has 1 saturated heterocycles. The number of benzene rings is 1. The lowest BCUT2D eigenvalue weighted by molar-refractivity contribution is -0.125. The van der Waals surface area contributed by atoms with Gasteiger partial charge in [-0.2, -0.15) is 0 Å². The van der Waals surface area contributed by atoms with Crippen LogP contribution in [0.2, 0.25) is 0 Å². The average Bonchev–Trinajstić information content (AvgIpc) is 2.53. The molecular formula is C16H19N3O. The number of aromatic nitrogens is 1. The van der Waals surface area contributed by atoms with Crippen LogP contribution in [-0.4, -0.2) is 24.0 Å². The van der Waals surface area contributed by atoms with Gasteiger partial charge in [0, 0.05) is 24.7 Å². The van der Waals surface area contributed by atoms with E-state index in [2.05, 4.69) is 15.6 Å². The molecule has 3 rings (SSSR count). The van der Waals surface area contributed by atoms with E-state index in [9.17, 15) is 4.79 Å². The number of nitrogens with one attached hydrogen (secondary N) is 2. The number of carbonyl (C=O) groups is 1. The predicted molar refractivity (Wildman–Crippen MR) is 79.2 cm³/mol. The van der Waals surface area contributed by atoms with E-state index in [-0.39, 0.29) is 11.8 Å². The number of pyridine rings is 1. The van der Waals surface area contributed by atoms with E-state index in [1.54, 1.807) is 6.20 Å². The summed E-state index contributed by atoms with van der Waals surface area (Å²) in [4.78, 5) is 16.5. The van der Waals surface area contributed by atoms with Gasteiger partial charge in [0.1, 0.15) is 0 Å². The summed E-state index contributed by atoms with van der Waals surface area (Å²) in [6.07, 6.45) is 3.85. The van der Waals surface area contributed by atoms with Gasteiger partial charge in [0.2, 0.25) is 5.91 Å². The van der Waals surface area contributed by atoms with Crippen LogP contribution in [0.1, 0.15) is 18.4 Å². The number of hydrogen-bond donors (Lipinski definition) is 2. The van der Waals surface area contributed by atoms with Crippen LogP contribution in [0, 0.1) is 5.92 Å². The Hall–Kier alpha value is -1.94. The second-order valence-corrected chi connectivity index (χ2v) is 5.25. The van der Waals surface area contributed by atoms with E-state index in [0.29, 0.717) is 6.54 Å². The number of carbonyl (C=O) groups excluding carboxylic acids is 1. The summed E-state index contributed by atoms with van der Waals surface area (Å²) in [5.74, 6) is 0.259. The molecule has 2 N–H and O–H groups in total. The number of nitrogens with zero attached hydrogens (tertiary/aromatic N) is 1. The Morgan fingerprint density at radius 3 is 3.15 bits per heavy atom. The maximum absolute atomic E-state index is 12.1. The van der Waals surface area contributed by atoms with Gasteiger partial charge in [0.25, 0.3) is 0 Å². The molecular weight excluding hydrogens is 250 g/mol. The molecule has 0 aliphatic carbocycles. The number of hydrogen-bond acceptors (Lipinski definition) is 3. The highest BCUT2D eigenvalue weighted by molar-refractivity contribution is 5.83. The van der Waals surface area contributed by atoms with E-state index < -0.39 is 0 Å². The monoisotopic (exact) mass is 269 g/mol. The van der Waals surface area contributed by atoms with Crippen molar-refractivity contribution >= 4 is 16.8 Å². The van der Waals surface area contributed by atoms with Crippen LogP contribution in [-0.2, 0) is 11.3 Å². The Morgan fingerprint density at radius 1 is 1.35 bits per heavy atom. The van der Waals surface area contributed by atoms with Crippen LogP contribution in [0.3, 0.4) is 0 Å². The molecule has 104 valence electrons. The Morgan fingerprint density at radius 2 is 2.30 bits per heavy atom. The smallest absolute Gasteiger partial charge is 0.224 e. The molecule has 0 bridgehead atoms. The van der Waals surface area contributed by atoms with E-state index in [0.717, 1.165) is 42.4 Å². The predicted octanol–water partition coefficient (Wildman–Crippen LogP) is 1.85.